The first kappa shape index (κ1) is 17.6. The van der Waals surface area contributed by atoms with E-state index in [2.05, 4.69) is 39.0 Å². The lowest BCUT2D eigenvalue weighted by Crippen LogP contribution is -2.54. The molecule has 2 N–H and O–H groups in total. The highest BCUT2D eigenvalue weighted by Gasteiger charge is 2.24. The van der Waals surface area contributed by atoms with Gasteiger partial charge in [0.2, 0.25) is 5.43 Å². The normalized spacial score (nSPS) is 20.1. The predicted molar refractivity (Wildman–Crippen MR) is 102 cm³/mol. The van der Waals surface area contributed by atoms with Crippen molar-refractivity contribution in [3.63, 3.8) is 0 Å². The molecule has 3 aromatic heterocycles. The molecule has 4 heterocycles. The zero-order valence-electron chi connectivity index (χ0n) is 14.8. The maximum atomic E-state index is 12.5. The third kappa shape index (κ3) is 3.17. The summed E-state index contributed by atoms with van der Waals surface area (Å²) in [5.74, 6) is -0.654. The zero-order valence-corrected chi connectivity index (χ0v) is 15.6. The Morgan fingerprint density at radius 1 is 1.30 bits per heavy atom. The topological polar surface area (TPSA) is 113 Å². The smallest absolute Gasteiger partial charge is 0.341 e. The van der Waals surface area contributed by atoms with Gasteiger partial charge in [0.1, 0.15) is 11.4 Å². The number of pyridine rings is 1. The number of hydrogen-bond donors (Lipinski definition) is 2. The van der Waals surface area contributed by atoms with Gasteiger partial charge in [-0.2, -0.15) is 0 Å². The van der Waals surface area contributed by atoms with Crippen LogP contribution in [0, 0.1) is 0 Å². The largest absolute Gasteiger partial charge is 0.477 e. The number of thiazole rings is 1. The Hall–Kier alpha value is -2.85. The van der Waals surface area contributed by atoms with E-state index < -0.39 is 11.4 Å². The average molecular weight is 386 g/mol. The lowest BCUT2D eigenvalue weighted by atomic mass is 10.1. The summed E-state index contributed by atoms with van der Waals surface area (Å²) in [6, 6.07) is 0.587. The Kier molecular flexibility index (Phi) is 4.36. The van der Waals surface area contributed by atoms with Gasteiger partial charge in [-0.1, -0.05) is 0 Å². The molecule has 140 valence electrons. The first-order chi connectivity index (χ1) is 12.9. The van der Waals surface area contributed by atoms with Crippen molar-refractivity contribution in [2.24, 2.45) is 0 Å². The van der Waals surface area contributed by atoms with Gasteiger partial charge in [-0.3, -0.25) is 9.36 Å². The van der Waals surface area contributed by atoms with Crippen LogP contribution in [0.2, 0.25) is 0 Å². The molecule has 1 fully saturated rings. The first-order valence-electron chi connectivity index (χ1n) is 8.50. The third-order valence-corrected chi connectivity index (χ3v) is 5.20. The molecule has 0 aliphatic carbocycles. The number of hydrogen-bond acceptors (Lipinski definition) is 8. The van der Waals surface area contributed by atoms with E-state index in [0.29, 0.717) is 28.7 Å². The highest BCUT2D eigenvalue weighted by molar-refractivity contribution is 7.12. The van der Waals surface area contributed by atoms with Crippen molar-refractivity contribution in [2.45, 2.75) is 25.9 Å². The van der Waals surface area contributed by atoms with Gasteiger partial charge in [0, 0.05) is 42.9 Å². The second-order valence-electron chi connectivity index (χ2n) is 6.64. The second kappa shape index (κ2) is 6.71. The molecule has 9 nitrogen and oxygen atoms in total. The van der Waals surface area contributed by atoms with E-state index in [0.717, 1.165) is 13.1 Å². The lowest BCUT2D eigenvalue weighted by molar-refractivity contribution is 0.0695. The van der Waals surface area contributed by atoms with E-state index >= 15 is 0 Å². The Labute approximate surface area is 158 Å². The fraction of sp³-hybridized carbons (Fsp3) is 0.353. The first-order valence-corrected chi connectivity index (χ1v) is 9.38. The predicted octanol–water partition coefficient (Wildman–Crippen LogP) is 1.12. The quantitative estimate of drug-likeness (QED) is 0.689. The van der Waals surface area contributed by atoms with Crippen molar-refractivity contribution in [3.05, 3.63) is 39.8 Å². The zero-order chi connectivity index (χ0) is 19.1. The van der Waals surface area contributed by atoms with E-state index in [4.69, 9.17) is 0 Å². The van der Waals surface area contributed by atoms with Crippen LogP contribution in [0.15, 0.2) is 28.8 Å². The number of nitrogens with one attached hydrogen (secondary N) is 1. The number of carboxylic acids is 1. The van der Waals surface area contributed by atoms with Gasteiger partial charge >= 0.3 is 5.97 Å². The molecular formula is C17H18N6O3S. The minimum absolute atomic E-state index is 0.0186. The van der Waals surface area contributed by atoms with Crippen LogP contribution in [-0.4, -0.2) is 55.8 Å². The highest BCUT2D eigenvalue weighted by atomic mass is 32.1. The summed E-state index contributed by atoms with van der Waals surface area (Å²) in [6.45, 7) is 5.72. The molecule has 1 saturated heterocycles. The van der Waals surface area contributed by atoms with Crippen LogP contribution >= 0.6 is 11.3 Å². The highest BCUT2D eigenvalue weighted by Crippen LogP contribution is 2.21. The van der Waals surface area contributed by atoms with Gasteiger partial charge in [0.15, 0.2) is 16.3 Å². The van der Waals surface area contributed by atoms with Gasteiger partial charge in [-0.05, 0) is 13.8 Å². The standard InChI is InChI=1S/C17H18N6O3S/c1-9-6-22(7-10(2)20-9)12-5-19-13-14(24)11(16(25)26)8-23(15(13)21-12)17-18-3-4-27-17/h3-5,8-10,20H,6-7H2,1-2H3,(H,25,26). The monoisotopic (exact) mass is 386 g/mol. The van der Waals surface area contributed by atoms with Crippen molar-refractivity contribution >= 4 is 34.3 Å². The molecule has 10 heteroatoms. The molecule has 2 atom stereocenters. The number of carbonyl (C=O) groups is 1. The Bertz CT molecular complexity index is 1050. The van der Waals surface area contributed by atoms with Gasteiger partial charge in [-0.15, -0.1) is 11.3 Å². The van der Waals surface area contributed by atoms with Crippen LogP contribution in [0.3, 0.4) is 0 Å². The number of aromatic carboxylic acids is 1. The van der Waals surface area contributed by atoms with Crippen LogP contribution in [0.25, 0.3) is 16.3 Å². The summed E-state index contributed by atoms with van der Waals surface area (Å²) in [6.07, 6.45) is 4.42. The molecule has 27 heavy (non-hydrogen) atoms. The van der Waals surface area contributed by atoms with E-state index in [1.54, 1.807) is 11.6 Å². The maximum Gasteiger partial charge on any atom is 0.341 e. The minimum Gasteiger partial charge on any atom is -0.477 e. The Morgan fingerprint density at radius 3 is 2.67 bits per heavy atom. The van der Waals surface area contributed by atoms with Crippen molar-refractivity contribution in [2.75, 3.05) is 18.0 Å². The summed E-state index contributed by atoms with van der Waals surface area (Å²) >= 11 is 1.32. The molecule has 0 saturated carbocycles. The molecule has 0 spiro atoms. The SMILES string of the molecule is CC1CN(c2cnc3c(=O)c(C(=O)O)cn(-c4nccs4)c3n2)CC(C)N1. The van der Waals surface area contributed by atoms with Crippen molar-refractivity contribution in [1.29, 1.82) is 0 Å². The number of aromatic nitrogens is 4. The molecule has 0 aromatic carbocycles. The fourth-order valence-electron chi connectivity index (χ4n) is 3.37. The summed E-state index contributed by atoms with van der Waals surface area (Å²) in [4.78, 5) is 39.3. The molecule has 1 aliphatic heterocycles. The van der Waals surface area contributed by atoms with Crippen LogP contribution in [-0.2, 0) is 0 Å². The third-order valence-electron chi connectivity index (χ3n) is 4.42. The molecule has 3 aromatic rings. The number of nitrogens with zero attached hydrogens (tertiary/aromatic N) is 5. The van der Waals surface area contributed by atoms with E-state index in [9.17, 15) is 14.7 Å². The molecule has 0 radical (unpaired) electrons. The number of rotatable bonds is 3. The molecule has 0 amide bonds. The molecular weight excluding hydrogens is 368 g/mol. The summed E-state index contributed by atoms with van der Waals surface area (Å²) in [7, 11) is 0. The van der Waals surface area contributed by atoms with E-state index in [1.165, 1.54) is 28.3 Å². The summed E-state index contributed by atoms with van der Waals surface area (Å²) < 4.78 is 1.52. The van der Waals surface area contributed by atoms with Crippen molar-refractivity contribution < 1.29 is 9.90 Å². The van der Waals surface area contributed by atoms with Gasteiger partial charge in [0.25, 0.3) is 0 Å². The van der Waals surface area contributed by atoms with Crippen molar-refractivity contribution in [1.82, 2.24) is 24.8 Å². The Morgan fingerprint density at radius 2 is 2.04 bits per heavy atom. The second-order valence-corrected chi connectivity index (χ2v) is 7.51. The van der Waals surface area contributed by atoms with Crippen LogP contribution < -0.4 is 15.6 Å². The average Bonchev–Trinajstić information content (AvgIpc) is 3.15. The number of anilines is 1. The maximum absolute atomic E-state index is 12.5. The Balaban J connectivity index is 1.92. The molecule has 2 unspecified atom stereocenters. The van der Waals surface area contributed by atoms with Crippen LogP contribution in [0.1, 0.15) is 24.2 Å². The molecule has 0 bridgehead atoms. The number of piperazine rings is 1. The van der Waals surface area contributed by atoms with E-state index in [-0.39, 0.29) is 11.1 Å². The van der Waals surface area contributed by atoms with Crippen LogP contribution in [0.4, 0.5) is 5.82 Å². The minimum atomic E-state index is -1.30. The van der Waals surface area contributed by atoms with Gasteiger partial charge < -0.3 is 15.3 Å². The molecule has 4 rings (SSSR count). The summed E-state index contributed by atoms with van der Waals surface area (Å²) in [5.41, 5.74) is -0.683. The molecule has 1 aliphatic rings. The fourth-order valence-corrected chi connectivity index (χ4v) is 3.99. The number of fused-ring (bicyclic) bond motifs is 1. The lowest BCUT2D eigenvalue weighted by Gasteiger charge is -2.36. The number of carboxylic acid groups (broad SMARTS) is 1. The van der Waals surface area contributed by atoms with Gasteiger partial charge in [0.05, 0.1) is 6.20 Å². The van der Waals surface area contributed by atoms with E-state index in [1.807, 2.05) is 0 Å². The summed E-state index contributed by atoms with van der Waals surface area (Å²) in [5, 5.41) is 15.1. The van der Waals surface area contributed by atoms with Crippen LogP contribution in [0.5, 0.6) is 0 Å². The van der Waals surface area contributed by atoms with Gasteiger partial charge in [-0.25, -0.2) is 19.7 Å². The van der Waals surface area contributed by atoms with Crippen molar-refractivity contribution in [3.8, 4) is 5.13 Å².